The summed E-state index contributed by atoms with van der Waals surface area (Å²) in [4.78, 5) is 24.5. The van der Waals surface area contributed by atoms with Gasteiger partial charge in [0.2, 0.25) is 5.91 Å². The lowest BCUT2D eigenvalue weighted by Crippen LogP contribution is -2.45. The third-order valence-electron chi connectivity index (χ3n) is 12.9. The molecule has 0 rings (SSSR count). The van der Waals surface area contributed by atoms with Gasteiger partial charge in [0.15, 0.2) is 0 Å². The molecule has 0 saturated carbocycles. The van der Waals surface area contributed by atoms with E-state index in [1.165, 1.54) is 186 Å². The summed E-state index contributed by atoms with van der Waals surface area (Å²) in [5.74, 6) is -0.132. The van der Waals surface area contributed by atoms with E-state index in [0.29, 0.717) is 19.4 Å². The van der Waals surface area contributed by atoms with Crippen molar-refractivity contribution in [1.82, 2.24) is 5.32 Å². The predicted molar refractivity (Wildman–Crippen MR) is 278 cm³/mol. The van der Waals surface area contributed by atoms with Crippen LogP contribution in [-0.4, -0.2) is 47.4 Å². The average Bonchev–Trinajstić information content (AvgIpc) is 3.29. The Labute approximate surface area is 398 Å². The molecule has 0 aromatic carbocycles. The molecule has 1 amide bonds. The predicted octanol–water partition coefficient (Wildman–Crippen LogP) is 17.2. The molecule has 0 radical (unpaired) electrons. The minimum atomic E-state index is -0.863. The van der Waals surface area contributed by atoms with Gasteiger partial charge < -0.3 is 20.3 Å². The summed E-state index contributed by atoms with van der Waals surface area (Å²) in [6.07, 6.45) is 65.9. The van der Waals surface area contributed by atoms with Crippen LogP contribution in [0, 0.1) is 0 Å². The van der Waals surface area contributed by atoms with Crippen LogP contribution in [0.5, 0.6) is 0 Å². The van der Waals surface area contributed by atoms with Crippen molar-refractivity contribution in [2.45, 2.75) is 309 Å². The molecule has 0 bridgehead atoms. The molecule has 0 saturated heterocycles. The number of allylic oxidation sites excluding steroid dienone is 5. The maximum Gasteiger partial charge on any atom is 0.305 e. The zero-order valence-electron chi connectivity index (χ0n) is 42.8. The number of aliphatic hydroxyl groups is 2. The second-order valence-electron chi connectivity index (χ2n) is 19.3. The zero-order valence-corrected chi connectivity index (χ0v) is 42.8. The van der Waals surface area contributed by atoms with Crippen molar-refractivity contribution in [2.75, 3.05) is 13.2 Å². The Balaban J connectivity index is 3.54. The van der Waals surface area contributed by atoms with Gasteiger partial charge in [-0.05, 0) is 83.5 Å². The number of rotatable bonds is 52. The number of ether oxygens (including phenoxy) is 1. The van der Waals surface area contributed by atoms with Crippen molar-refractivity contribution < 1.29 is 24.5 Å². The topological polar surface area (TPSA) is 95.9 Å². The average molecular weight is 901 g/mol. The smallest absolute Gasteiger partial charge is 0.305 e. The Hall–Kier alpha value is -1.92. The van der Waals surface area contributed by atoms with Crippen LogP contribution in [0.2, 0.25) is 0 Å². The van der Waals surface area contributed by atoms with Gasteiger partial charge in [0.25, 0.3) is 0 Å². The molecule has 2 unspecified atom stereocenters. The summed E-state index contributed by atoms with van der Waals surface area (Å²) in [6.45, 7) is 4.83. The number of hydrogen-bond acceptors (Lipinski definition) is 5. The molecule has 6 heteroatoms. The summed E-state index contributed by atoms with van der Waals surface area (Å²) < 4.78 is 5.45. The van der Waals surface area contributed by atoms with E-state index in [-0.39, 0.29) is 18.5 Å². The van der Waals surface area contributed by atoms with Crippen LogP contribution in [0.4, 0.5) is 0 Å². The number of unbranched alkanes of at least 4 members (excludes halogenated alkanes) is 37. The van der Waals surface area contributed by atoms with Crippen molar-refractivity contribution in [1.29, 1.82) is 0 Å². The number of carbonyl (C=O) groups excluding carboxylic acids is 2. The molecular weight excluding hydrogens is 791 g/mol. The van der Waals surface area contributed by atoms with Crippen molar-refractivity contribution in [3.05, 3.63) is 36.5 Å². The number of nitrogens with one attached hydrogen (secondary N) is 1. The third kappa shape index (κ3) is 49.5. The van der Waals surface area contributed by atoms with Crippen LogP contribution in [0.25, 0.3) is 0 Å². The van der Waals surface area contributed by atoms with Crippen LogP contribution >= 0.6 is 0 Å². The lowest BCUT2D eigenvalue weighted by molar-refractivity contribution is -0.143. The van der Waals surface area contributed by atoms with Gasteiger partial charge in [-0.1, -0.05) is 237 Å². The van der Waals surface area contributed by atoms with Gasteiger partial charge in [-0.15, -0.1) is 0 Å². The molecule has 0 aliphatic rings. The highest BCUT2D eigenvalue weighted by Gasteiger charge is 2.18. The monoisotopic (exact) mass is 900 g/mol. The lowest BCUT2D eigenvalue weighted by Gasteiger charge is -2.20. The fourth-order valence-corrected chi connectivity index (χ4v) is 8.50. The second-order valence-corrected chi connectivity index (χ2v) is 19.3. The molecule has 3 N–H and O–H groups in total. The van der Waals surface area contributed by atoms with Gasteiger partial charge in [0.05, 0.1) is 25.4 Å². The van der Waals surface area contributed by atoms with Crippen LogP contribution < -0.4 is 5.32 Å². The summed E-state index contributed by atoms with van der Waals surface area (Å²) in [5.41, 5.74) is 0. The van der Waals surface area contributed by atoms with E-state index in [4.69, 9.17) is 4.74 Å². The van der Waals surface area contributed by atoms with Crippen molar-refractivity contribution >= 4 is 11.9 Å². The highest BCUT2D eigenvalue weighted by molar-refractivity contribution is 5.76. The Morgan fingerprint density at radius 1 is 0.422 bits per heavy atom. The lowest BCUT2D eigenvalue weighted by atomic mass is 10.0. The fraction of sp³-hybridized carbons (Fsp3) is 0.862. The number of hydrogen-bond donors (Lipinski definition) is 3. The molecule has 0 aromatic rings. The van der Waals surface area contributed by atoms with Gasteiger partial charge in [-0.25, -0.2) is 0 Å². The van der Waals surface area contributed by atoms with Crippen LogP contribution in [-0.2, 0) is 14.3 Å². The summed E-state index contributed by atoms with van der Waals surface area (Å²) >= 11 is 0. The first-order valence-electron chi connectivity index (χ1n) is 28.3. The van der Waals surface area contributed by atoms with Crippen LogP contribution in [0.15, 0.2) is 36.5 Å². The standard InChI is InChI=1S/C58H109NO5/c1-3-5-7-9-11-13-15-17-19-21-23-25-27-30-34-38-42-46-50-56(61)55(54-60)59-57(62)51-47-43-39-35-31-29-33-37-41-45-49-53-64-58(63)52-48-44-40-36-32-28-26-24-22-20-18-16-14-12-10-8-6-4-2/h20,22,33,37,46,50,55-56,60-61H,3-19,21,23-32,34-36,38-45,47-49,51-54H2,1-2H3,(H,59,62)/b22-20-,37-33-,50-46+. The van der Waals surface area contributed by atoms with E-state index in [9.17, 15) is 19.8 Å². The Morgan fingerprint density at radius 3 is 1.11 bits per heavy atom. The zero-order chi connectivity index (χ0) is 46.5. The van der Waals surface area contributed by atoms with Gasteiger partial charge in [0, 0.05) is 12.8 Å². The molecule has 0 aromatic heterocycles. The van der Waals surface area contributed by atoms with Crippen LogP contribution in [0.1, 0.15) is 296 Å². The summed E-state index contributed by atoms with van der Waals surface area (Å²) in [7, 11) is 0. The number of esters is 1. The van der Waals surface area contributed by atoms with Gasteiger partial charge in [-0.2, -0.15) is 0 Å². The van der Waals surface area contributed by atoms with E-state index in [0.717, 1.165) is 83.5 Å². The molecule has 6 nitrogen and oxygen atoms in total. The fourth-order valence-electron chi connectivity index (χ4n) is 8.50. The molecule has 0 aliphatic carbocycles. The van der Waals surface area contributed by atoms with Gasteiger partial charge in [0.1, 0.15) is 0 Å². The van der Waals surface area contributed by atoms with Crippen molar-refractivity contribution in [3.63, 3.8) is 0 Å². The van der Waals surface area contributed by atoms with Crippen LogP contribution in [0.3, 0.4) is 0 Å². The Morgan fingerprint density at radius 2 is 0.734 bits per heavy atom. The molecule has 0 aliphatic heterocycles. The normalized spacial score (nSPS) is 12.9. The van der Waals surface area contributed by atoms with Crippen molar-refractivity contribution in [2.24, 2.45) is 0 Å². The molecule has 0 spiro atoms. The molecule has 0 heterocycles. The maximum atomic E-state index is 12.5. The van der Waals surface area contributed by atoms with E-state index in [2.05, 4.69) is 43.5 Å². The quantitative estimate of drug-likeness (QED) is 0.0321. The molecule has 376 valence electrons. The minimum Gasteiger partial charge on any atom is -0.466 e. The SMILES string of the molecule is CCCCCCCCC/C=C\CCCCCCCCCC(=O)OCCCC/C=C\CCCCCCCC(=O)NC(CO)C(O)/C=C/CCCCCCCCCCCCCCCCCC. The van der Waals surface area contributed by atoms with E-state index in [1.54, 1.807) is 6.08 Å². The highest BCUT2D eigenvalue weighted by atomic mass is 16.5. The number of amides is 1. The highest BCUT2D eigenvalue weighted by Crippen LogP contribution is 2.16. The third-order valence-corrected chi connectivity index (χ3v) is 12.9. The molecule has 2 atom stereocenters. The van der Waals surface area contributed by atoms with E-state index in [1.807, 2.05) is 6.08 Å². The van der Waals surface area contributed by atoms with Gasteiger partial charge in [-0.3, -0.25) is 9.59 Å². The number of aliphatic hydroxyl groups excluding tert-OH is 2. The molecule has 0 fully saturated rings. The first-order chi connectivity index (χ1) is 31.5. The van der Waals surface area contributed by atoms with Gasteiger partial charge >= 0.3 is 5.97 Å². The minimum absolute atomic E-state index is 0.0359. The largest absolute Gasteiger partial charge is 0.466 e. The summed E-state index contributed by atoms with van der Waals surface area (Å²) in [6, 6.07) is -0.650. The maximum absolute atomic E-state index is 12.5. The van der Waals surface area contributed by atoms with E-state index < -0.39 is 12.1 Å². The number of carbonyl (C=O) groups is 2. The first-order valence-corrected chi connectivity index (χ1v) is 28.3. The first kappa shape index (κ1) is 62.1. The molecular formula is C58H109NO5. The summed E-state index contributed by atoms with van der Waals surface area (Å²) in [5, 5.41) is 23.1. The Bertz CT molecular complexity index is 1040. The second kappa shape index (κ2) is 53.7. The molecule has 64 heavy (non-hydrogen) atoms. The van der Waals surface area contributed by atoms with E-state index >= 15 is 0 Å². The van der Waals surface area contributed by atoms with Crippen molar-refractivity contribution in [3.8, 4) is 0 Å². The Kier molecular flexibility index (Phi) is 52.1.